The van der Waals surface area contributed by atoms with Crippen LogP contribution in [0.4, 0.5) is 4.39 Å². The van der Waals surface area contributed by atoms with E-state index in [-0.39, 0.29) is 10.4 Å². The summed E-state index contributed by atoms with van der Waals surface area (Å²) in [4.78, 5) is 0. The zero-order valence-electron chi connectivity index (χ0n) is 9.99. The SMILES string of the molecule is Fc1ccc(OCC2(CS)CCOCC2)cc1Cl. The molecule has 1 saturated heterocycles. The Morgan fingerprint density at radius 3 is 2.72 bits per heavy atom. The lowest BCUT2D eigenvalue weighted by atomic mass is 9.83. The van der Waals surface area contributed by atoms with Crippen LogP contribution in [0.25, 0.3) is 0 Å². The number of hydrogen-bond donors (Lipinski definition) is 1. The fraction of sp³-hybridized carbons (Fsp3) is 0.538. The summed E-state index contributed by atoms with van der Waals surface area (Å²) in [5.41, 5.74) is 0.0439. The fourth-order valence-corrected chi connectivity index (χ4v) is 2.53. The molecule has 0 amide bonds. The van der Waals surface area contributed by atoms with Gasteiger partial charge in [0.25, 0.3) is 0 Å². The minimum absolute atomic E-state index is 0.0439. The molecule has 1 heterocycles. The van der Waals surface area contributed by atoms with Crippen molar-refractivity contribution in [1.29, 1.82) is 0 Å². The number of rotatable bonds is 4. The van der Waals surface area contributed by atoms with Crippen molar-refractivity contribution in [1.82, 2.24) is 0 Å². The third kappa shape index (κ3) is 3.31. The van der Waals surface area contributed by atoms with Gasteiger partial charge in [-0.05, 0) is 30.7 Å². The van der Waals surface area contributed by atoms with Crippen LogP contribution < -0.4 is 4.74 Å². The van der Waals surface area contributed by atoms with Crippen molar-refractivity contribution in [2.24, 2.45) is 5.41 Å². The summed E-state index contributed by atoms with van der Waals surface area (Å²) in [5, 5.41) is 0.0828. The van der Waals surface area contributed by atoms with Crippen molar-refractivity contribution in [2.75, 3.05) is 25.6 Å². The van der Waals surface area contributed by atoms with E-state index in [1.54, 1.807) is 6.07 Å². The van der Waals surface area contributed by atoms with Gasteiger partial charge in [-0.2, -0.15) is 12.6 Å². The smallest absolute Gasteiger partial charge is 0.142 e. The van der Waals surface area contributed by atoms with E-state index < -0.39 is 5.82 Å². The lowest BCUT2D eigenvalue weighted by Gasteiger charge is -2.35. The number of halogens is 2. The average Bonchev–Trinajstić information content (AvgIpc) is 2.41. The fourth-order valence-electron chi connectivity index (χ4n) is 1.96. The maximum absolute atomic E-state index is 13.0. The number of benzene rings is 1. The first-order valence-electron chi connectivity index (χ1n) is 5.92. The van der Waals surface area contributed by atoms with Crippen molar-refractivity contribution < 1.29 is 13.9 Å². The third-order valence-corrected chi connectivity index (χ3v) is 4.29. The number of thiol groups is 1. The average molecular weight is 291 g/mol. The summed E-state index contributed by atoms with van der Waals surface area (Å²) in [6, 6.07) is 4.41. The summed E-state index contributed by atoms with van der Waals surface area (Å²) in [5.74, 6) is 0.915. The summed E-state index contributed by atoms with van der Waals surface area (Å²) in [6.07, 6.45) is 1.87. The van der Waals surface area contributed by atoms with E-state index in [9.17, 15) is 4.39 Å². The zero-order chi connectivity index (χ0) is 13.0. The molecule has 1 aliphatic heterocycles. The molecule has 0 aromatic heterocycles. The monoisotopic (exact) mass is 290 g/mol. The summed E-state index contributed by atoms with van der Waals surface area (Å²) < 4.78 is 24.1. The van der Waals surface area contributed by atoms with Gasteiger partial charge in [-0.3, -0.25) is 0 Å². The van der Waals surface area contributed by atoms with E-state index in [1.807, 2.05) is 0 Å². The Kier molecular flexibility index (Phi) is 4.76. The van der Waals surface area contributed by atoms with Gasteiger partial charge < -0.3 is 9.47 Å². The summed E-state index contributed by atoms with van der Waals surface area (Å²) in [6.45, 7) is 2.05. The van der Waals surface area contributed by atoms with Crippen LogP contribution in [0.5, 0.6) is 5.75 Å². The molecule has 0 atom stereocenters. The van der Waals surface area contributed by atoms with E-state index in [4.69, 9.17) is 21.1 Å². The van der Waals surface area contributed by atoms with Crippen LogP contribution in [-0.4, -0.2) is 25.6 Å². The Labute approximate surface area is 117 Å². The van der Waals surface area contributed by atoms with E-state index in [0.717, 1.165) is 31.8 Å². The van der Waals surface area contributed by atoms with Gasteiger partial charge in [0.2, 0.25) is 0 Å². The van der Waals surface area contributed by atoms with Crippen molar-refractivity contribution in [3.63, 3.8) is 0 Å². The Balaban J connectivity index is 1.98. The molecule has 0 N–H and O–H groups in total. The Morgan fingerprint density at radius 1 is 1.39 bits per heavy atom. The summed E-state index contributed by atoms with van der Waals surface area (Å²) >= 11 is 10.1. The van der Waals surface area contributed by atoms with E-state index >= 15 is 0 Å². The largest absolute Gasteiger partial charge is 0.493 e. The molecule has 0 saturated carbocycles. The Morgan fingerprint density at radius 2 is 2.11 bits per heavy atom. The molecule has 5 heteroatoms. The first kappa shape index (κ1) is 14.0. The molecule has 0 aliphatic carbocycles. The van der Waals surface area contributed by atoms with Gasteiger partial charge in [0.1, 0.15) is 11.6 Å². The van der Waals surface area contributed by atoms with Gasteiger partial charge in [0, 0.05) is 24.7 Å². The van der Waals surface area contributed by atoms with Crippen molar-refractivity contribution >= 4 is 24.2 Å². The molecule has 1 aromatic carbocycles. The highest BCUT2D eigenvalue weighted by molar-refractivity contribution is 7.80. The Bertz CT molecular complexity index is 408. The van der Waals surface area contributed by atoms with Gasteiger partial charge in [0.05, 0.1) is 11.6 Å². The van der Waals surface area contributed by atoms with Crippen molar-refractivity contribution in [3.8, 4) is 5.75 Å². The van der Waals surface area contributed by atoms with Gasteiger partial charge in [-0.1, -0.05) is 11.6 Å². The van der Waals surface area contributed by atoms with Crippen LogP contribution in [0, 0.1) is 11.2 Å². The predicted molar refractivity (Wildman–Crippen MR) is 73.2 cm³/mol. The molecule has 0 radical (unpaired) electrons. The van der Waals surface area contributed by atoms with E-state index in [0.29, 0.717) is 12.4 Å². The lowest BCUT2D eigenvalue weighted by molar-refractivity contribution is 0.00310. The van der Waals surface area contributed by atoms with Gasteiger partial charge in [0.15, 0.2) is 0 Å². The zero-order valence-corrected chi connectivity index (χ0v) is 11.6. The first-order chi connectivity index (χ1) is 8.65. The molecule has 0 spiro atoms. The van der Waals surface area contributed by atoms with Crippen LogP contribution >= 0.6 is 24.2 Å². The highest BCUT2D eigenvalue weighted by Crippen LogP contribution is 2.33. The van der Waals surface area contributed by atoms with Gasteiger partial charge in [-0.25, -0.2) is 4.39 Å². The number of hydrogen-bond acceptors (Lipinski definition) is 3. The molecule has 100 valence electrons. The highest BCUT2D eigenvalue weighted by Gasteiger charge is 2.32. The lowest BCUT2D eigenvalue weighted by Crippen LogP contribution is -2.36. The second kappa shape index (κ2) is 6.13. The third-order valence-electron chi connectivity index (χ3n) is 3.32. The van der Waals surface area contributed by atoms with Crippen molar-refractivity contribution in [3.05, 3.63) is 29.0 Å². The van der Waals surface area contributed by atoms with Crippen LogP contribution in [-0.2, 0) is 4.74 Å². The molecule has 0 unspecified atom stereocenters. The maximum atomic E-state index is 13.0. The molecule has 1 fully saturated rings. The molecule has 2 rings (SSSR count). The molecular formula is C13H16ClFO2S. The highest BCUT2D eigenvalue weighted by atomic mass is 35.5. The second-order valence-electron chi connectivity index (χ2n) is 4.64. The molecule has 18 heavy (non-hydrogen) atoms. The molecular weight excluding hydrogens is 275 g/mol. The predicted octanol–water partition coefficient (Wildman–Crippen LogP) is 3.58. The molecule has 0 bridgehead atoms. The van der Waals surface area contributed by atoms with Crippen LogP contribution in [0.15, 0.2) is 18.2 Å². The minimum atomic E-state index is -0.431. The first-order valence-corrected chi connectivity index (χ1v) is 6.93. The van der Waals surface area contributed by atoms with Crippen LogP contribution in [0.1, 0.15) is 12.8 Å². The van der Waals surface area contributed by atoms with E-state index in [1.165, 1.54) is 12.1 Å². The quantitative estimate of drug-likeness (QED) is 0.855. The van der Waals surface area contributed by atoms with Crippen LogP contribution in [0.2, 0.25) is 5.02 Å². The Hall–Kier alpha value is -0.450. The van der Waals surface area contributed by atoms with Crippen LogP contribution in [0.3, 0.4) is 0 Å². The van der Waals surface area contributed by atoms with Crippen molar-refractivity contribution in [2.45, 2.75) is 12.8 Å². The van der Waals surface area contributed by atoms with Gasteiger partial charge in [-0.15, -0.1) is 0 Å². The standard InChI is InChI=1S/C13H16ClFO2S/c14-11-7-10(1-2-12(11)15)17-8-13(9-18)3-5-16-6-4-13/h1-2,7,18H,3-6,8-9H2. The topological polar surface area (TPSA) is 18.5 Å². The summed E-state index contributed by atoms with van der Waals surface area (Å²) in [7, 11) is 0. The number of ether oxygens (including phenoxy) is 2. The molecule has 2 nitrogen and oxygen atoms in total. The minimum Gasteiger partial charge on any atom is -0.493 e. The molecule has 1 aliphatic rings. The molecule has 1 aromatic rings. The second-order valence-corrected chi connectivity index (χ2v) is 5.36. The normalized spacial score (nSPS) is 18.6. The van der Waals surface area contributed by atoms with Gasteiger partial charge >= 0.3 is 0 Å². The maximum Gasteiger partial charge on any atom is 0.142 e. The van der Waals surface area contributed by atoms with E-state index in [2.05, 4.69) is 12.6 Å².